The number of imidazole rings is 1. The van der Waals surface area contributed by atoms with E-state index in [0.717, 1.165) is 24.5 Å². The van der Waals surface area contributed by atoms with Gasteiger partial charge in [-0.3, -0.25) is 0 Å². The second-order valence-electron chi connectivity index (χ2n) is 4.29. The predicted molar refractivity (Wildman–Crippen MR) is 66.5 cm³/mol. The van der Waals surface area contributed by atoms with Crippen LogP contribution in [-0.2, 0) is 6.54 Å². The first-order chi connectivity index (χ1) is 8.11. The predicted octanol–water partition coefficient (Wildman–Crippen LogP) is 0.422. The molecule has 6 heteroatoms. The second kappa shape index (κ2) is 4.58. The normalized spacial score (nSPS) is 16.1. The van der Waals surface area contributed by atoms with Gasteiger partial charge in [0, 0.05) is 13.2 Å². The number of hydrogen-bond donors (Lipinski definition) is 3. The van der Waals surface area contributed by atoms with Crippen LogP contribution in [-0.4, -0.2) is 27.2 Å². The minimum absolute atomic E-state index is 0.191. The van der Waals surface area contributed by atoms with E-state index < -0.39 is 0 Å². The highest BCUT2D eigenvalue weighted by atomic mass is 16.3. The first-order valence-corrected chi connectivity index (χ1v) is 5.58. The van der Waals surface area contributed by atoms with E-state index in [1.807, 2.05) is 11.5 Å². The number of nitrogens with zero attached hydrogens (tertiary/aromatic N) is 3. The van der Waals surface area contributed by atoms with Crippen LogP contribution in [0.25, 0.3) is 5.70 Å². The molecule has 0 amide bonds. The van der Waals surface area contributed by atoms with Crippen molar-refractivity contribution in [3.8, 4) is 0 Å². The van der Waals surface area contributed by atoms with Gasteiger partial charge in [0.25, 0.3) is 0 Å². The number of aliphatic hydroxyl groups is 1. The fourth-order valence-electron chi connectivity index (χ4n) is 1.68. The van der Waals surface area contributed by atoms with Crippen molar-refractivity contribution in [3.63, 3.8) is 0 Å². The van der Waals surface area contributed by atoms with Crippen molar-refractivity contribution in [2.24, 2.45) is 16.6 Å². The quantitative estimate of drug-likeness (QED) is 0.705. The highest BCUT2D eigenvalue weighted by Gasteiger charge is 2.18. The summed E-state index contributed by atoms with van der Waals surface area (Å²) in [6.07, 6.45) is 2.60. The summed E-state index contributed by atoms with van der Waals surface area (Å²) >= 11 is 0. The smallest absolute Gasteiger partial charge is 0.199 e. The van der Waals surface area contributed by atoms with Gasteiger partial charge in [-0.25, -0.2) is 4.98 Å². The number of aliphatic hydroxyl groups excluding tert-OH is 1. The van der Waals surface area contributed by atoms with Crippen LogP contribution in [0.15, 0.2) is 17.9 Å². The minimum atomic E-state index is 0.191. The van der Waals surface area contributed by atoms with Gasteiger partial charge in [-0.05, 0) is 12.3 Å². The van der Waals surface area contributed by atoms with Gasteiger partial charge < -0.3 is 20.7 Å². The van der Waals surface area contributed by atoms with Gasteiger partial charge in [-0.15, -0.1) is 0 Å². The van der Waals surface area contributed by atoms with Crippen molar-refractivity contribution in [3.05, 3.63) is 18.6 Å². The van der Waals surface area contributed by atoms with Crippen LogP contribution < -0.4 is 11.1 Å². The SMILES string of the molecule is C=C1NC(N)=Nc2c1ncn2CCC(C)CO. The van der Waals surface area contributed by atoms with E-state index in [1.165, 1.54) is 0 Å². The summed E-state index contributed by atoms with van der Waals surface area (Å²) in [7, 11) is 0. The number of rotatable bonds is 4. The first kappa shape index (κ1) is 11.7. The van der Waals surface area contributed by atoms with Crippen LogP contribution >= 0.6 is 0 Å². The maximum atomic E-state index is 8.99. The summed E-state index contributed by atoms with van der Waals surface area (Å²) in [5.41, 5.74) is 7.05. The molecule has 6 nitrogen and oxygen atoms in total. The molecule has 0 aliphatic carbocycles. The summed E-state index contributed by atoms with van der Waals surface area (Å²) in [5.74, 6) is 1.33. The Kier molecular flexibility index (Phi) is 3.14. The third kappa shape index (κ3) is 2.31. The van der Waals surface area contributed by atoms with Crippen molar-refractivity contribution in [2.75, 3.05) is 6.61 Å². The average molecular weight is 235 g/mol. The van der Waals surface area contributed by atoms with Crippen LogP contribution in [0.1, 0.15) is 19.0 Å². The summed E-state index contributed by atoms with van der Waals surface area (Å²) in [6.45, 7) is 6.79. The molecule has 0 bridgehead atoms. The Hall–Kier alpha value is -1.82. The topological polar surface area (TPSA) is 88.5 Å². The number of guanidine groups is 1. The zero-order valence-electron chi connectivity index (χ0n) is 9.85. The van der Waals surface area contributed by atoms with Gasteiger partial charge >= 0.3 is 0 Å². The fourth-order valence-corrected chi connectivity index (χ4v) is 1.68. The van der Waals surface area contributed by atoms with E-state index >= 15 is 0 Å². The maximum absolute atomic E-state index is 8.99. The Morgan fingerprint density at radius 2 is 2.41 bits per heavy atom. The van der Waals surface area contributed by atoms with Crippen LogP contribution in [0.4, 0.5) is 5.82 Å². The molecule has 1 unspecified atom stereocenters. The highest BCUT2D eigenvalue weighted by molar-refractivity contribution is 5.93. The van der Waals surface area contributed by atoms with Gasteiger partial charge in [-0.1, -0.05) is 13.5 Å². The number of aromatic nitrogens is 2. The fraction of sp³-hybridized carbons (Fsp3) is 0.455. The Labute approximate surface area is 99.9 Å². The highest BCUT2D eigenvalue weighted by Crippen LogP contribution is 2.26. The third-order valence-corrected chi connectivity index (χ3v) is 2.78. The van der Waals surface area contributed by atoms with Gasteiger partial charge in [-0.2, -0.15) is 4.99 Å². The lowest BCUT2D eigenvalue weighted by atomic mass is 10.1. The van der Waals surface area contributed by atoms with Crippen LogP contribution in [0.2, 0.25) is 0 Å². The lowest BCUT2D eigenvalue weighted by Gasteiger charge is -2.15. The van der Waals surface area contributed by atoms with E-state index in [4.69, 9.17) is 10.8 Å². The molecule has 0 spiro atoms. The van der Waals surface area contributed by atoms with Crippen molar-refractivity contribution in [1.29, 1.82) is 0 Å². The summed E-state index contributed by atoms with van der Waals surface area (Å²) in [6, 6.07) is 0. The van der Waals surface area contributed by atoms with E-state index in [1.54, 1.807) is 6.33 Å². The third-order valence-electron chi connectivity index (χ3n) is 2.78. The standard InChI is InChI=1S/C11H17N5O/c1-7(5-17)3-4-16-6-13-9-8(2)14-11(12)15-10(9)16/h6-7,17H,2-5H2,1H3,(H3,12,14,15). The number of aryl methyl sites for hydroxylation is 1. The van der Waals surface area contributed by atoms with Crippen LogP contribution in [0.5, 0.6) is 0 Å². The van der Waals surface area contributed by atoms with E-state index in [-0.39, 0.29) is 12.5 Å². The average Bonchev–Trinajstić information content (AvgIpc) is 2.69. The van der Waals surface area contributed by atoms with Crippen molar-refractivity contribution >= 4 is 17.5 Å². The number of aliphatic imine (C=N–C) groups is 1. The molecule has 2 rings (SSSR count). The zero-order chi connectivity index (χ0) is 12.4. The molecule has 2 heterocycles. The van der Waals surface area contributed by atoms with E-state index in [0.29, 0.717) is 11.7 Å². The molecule has 92 valence electrons. The number of hydrogen-bond acceptors (Lipinski definition) is 5. The molecular weight excluding hydrogens is 218 g/mol. The number of nitrogens with one attached hydrogen (secondary N) is 1. The molecular formula is C11H17N5O. The molecule has 4 N–H and O–H groups in total. The summed E-state index contributed by atoms with van der Waals surface area (Å²) in [5, 5.41) is 11.8. The summed E-state index contributed by atoms with van der Waals surface area (Å²) < 4.78 is 1.93. The van der Waals surface area contributed by atoms with E-state index in [2.05, 4.69) is 21.9 Å². The van der Waals surface area contributed by atoms with Gasteiger partial charge in [0.1, 0.15) is 5.69 Å². The Balaban J connectivity index is 2.19. The van der Waals surface area contributed by atoms with Gasteiger partial charge in [0.05, 0.1) is 12.0 Å². The van der Waals surface area contributed by atoms with Crippen molar-refractivity contribution < 1.29 is 5.11 Å². The molecule has 1 aromatic heterocycles. The molecule has 1 aliphatic heterocycles. The van der Waals surface area contributed by atoms with Crippen molar-refractivity contribution in [1.82, 2.24) is 14.9 Å². The molecule has 0 saturated heterocycles. The zero-order valence-corrected chi connectivity index (χ0v) is 9.85. The molecule has 0 aromatic carbocycles. The Morgan fingerprint density at radius 3 is 3.12 bits per heavy atom. The largest absolute Gasteiger partial charge is 0.396 e. The minimum Gasteiger partial charge on any atom is -0.396 e. The molecule has 1 aromatic rings. The summed E-state index contributed by atoms with van der Waals surface area (Å²) in [4.78, 5) is 8.47. The van der Waals surface area contributed by atoms with Crippen LogP contribution in [0.3, 0.4) is 0 Å². The molecule has 0 fully saturated rings. The monoisotopic (exact) mass is 235 g/mol. The van der Waals surface area contributed by atoms with Gasteiger partial charge in [0.15, 0.2) is 11.8 Å². The molecule has 0 radical (unpaired) electrons. The van der Waals surface area contributed by atoms with E-state index in [9.17, 15) is 0 Å². The molecule has 0 saturated carbocycles. The van der Waals surface area contributed by atoms with Crippen molar-refractivity contribution in [2.45, 2.75) is 19.9 Å². The Morgan fingerprint density at radius 1 is 1.65 bits per heavy atom. The maximum Gasteiger partial charge on any atom is 0.199 e. The molecule has 17 heavy (non-hydrogen) atoms. The second-order valence-corrected chi connectivity index (χ2v) is 4.29. The number of nitrogens with two attached hydrogens (primary N) is 1. The van der Waals surface area contributed by atoms with Gasteiger partial charge in [0.2, 0.25) is 0 Å². The molecule has 1 atom stereocenters. The lowest BCUT2D eigenvalue weighted by Crippen LogP contribution is -2.32. The lowest BCUT2D eigenvalue weighted by molar-refractivity contribution is 0.226. The first-order valence-electron chi connectivity index (χ1n) is 5.58. The number of fused-ring (bicyclic) bond motifs is 1. The molecule has 1 aliphatic rings. The Bertz CT molecular complexity index is 462. The van der Waals surface area contributed by atoms with Crippen LogP contribution in [0, 0.1) is 5.92 Å².